The first-order chi connectivity index (χ1) is 17.9. The van der Waals surface area contributed by atoms with Crippen molar-refractivity contribution in [2.45, 2.75) is 26.8 Å². The minimum absolute atomic E-state index is 0.0392. The number of pyridine rings is 2. The van der Waals surface area contributed by atoms with Gasteiger partial charge in [-0.3, -0.25) is 14.8 Å². The van der Waals surface area contributed by atoms with E-state index < -0.39 is 17.9 Å². The lowest BCUT2D eigenvalue weighted by Crippen LogP contribution is -2.40. The molecule has 37 heavy (non-hydrogen) atoms. The normalized spacial score (nSPS) is 15.3. The van der Waals surface area contributed by atoms with E-state index in [9.17, 15) is 10.6 Å². The number of halogens is 2. The van der Waals surface area contributed by atoms with Crippen LogP contribution in [0.1, 0.15) is 39.3 Å². The molecule has 0 amide bonds. The Labute approximate surface area is 220 Å². The number of hydrogen-bond acceptors (Lipinski definition) is 8. The molecule has 1 aliphatic heterocycles. The van der Waals surface area contributed by atoms with Crippen LogP contribution in [0.25, 0.3) is 10.9 Å². The van der Waals surface area contributed by atoms with Gasteiger partial charge in [0.1, 0.15) is 6.54 Å². The molecule has 9 nitrogen and oxygen atoms in total. The third-order valence-corrected chi connectivity index (χ3v) is 5.64. The number of hydrogen-bond donors (Lipinski definition) is 5. The van der Waals surface area contributed by atoms with Crippen LogP contribution in [0.5, 0.6) is 0 Å². The van der Waals surface area contributed by atoms with Crippen LogP contribution in [0.15, 0.2) is 48.6 Å². The minimum atomic E-state index is -1.76. The van der Waals surface area contributed by atoms with Crippen LogP contribution < -0.4 is 21.6 Å². The number of rotatable bonds is 8. The Morgan fingerprint density at radius 1 is 1.35 bits per heavy atom. The Hall–Kier alpha value is -4.07. The van der Waals surface area contributed by atoms with Crippen LogP contribution in [-0.4, -0.2) is 39.1 Å². The molecule has 0 saturated carbocycles. The lowest BCUT2D eigenvalue weighted by molar-refractivity contribution is -0.138. The lowest BCUT2D eigenvalue weighted by atomic mass is 9.96. The molecule has 3 aromatic rings. The van der Waals surface area contributed by atoms with Crippen molar-refractivity contribution in [2.24, 2.45) is 5.41 Å². The smallest absolute Gasteiger partial charge is 0.324 e. The van der Waals surface area contributed by atoms with Crippen LogP contribution in [0, 0.1) is 23.7 Å². The molecule has 0 bridgehead atoms. The monoisotopic (exact) mass is 524 g/mol. The van der Waals surface area contributed by atoms with E-state index >= 15 is 0 Å². The maximum Gasteiger partial charge on any atom is 0.324 e. The fraction of sp³-hybridized carbons (Fsp3) is 0.269. The standard InChI is InChI=1S/C26H27ClFN7O2/c1-5-15-10-30-25-18(23(15)31-14-26(2,3)4)8-17(9-19(25)27)32-24(16-6-7-21(28)29-11-16)20-12-35(34-33-20)13-22(36)37/h1,6-12,24,32-34H,13-14H2,2-4H3,(H,30,31)(H,36,37)/t24-/m1/s1/i24D. The summed E-state index contributed by atoms with van der Waals surface area (Å²) in [5.74, 6) is 0.883. The number of aliphatic carboxylic acids is 1. The fourth-order valence-corrected chi connectivity index (χ4v) is 3.93. The first-order valence-electron chi connectivity index (χ1n) is 11.8. The Balaban J connectivity index is 1.82. The molecule has 0 spiro atoms. The summed E-state index contributed by atoms with van der Waals surface area (Å²) < 4.78 is 23.0. The topological polar surface area (TPSA) is 114 Å². The van der Waals surface area contributed by atoms with Crippen molar-refractivity contribution in [1.29, 1.82) is 0 Å². The molecule has 0 fully saturated rings. The zero-order valence-electron chi connectivity index (χ0n) is 21.5. The number of carboxylic acid groups (broad SMARTS) is 1. The molecule has 1 atom stereocenters. The van der Waals surface area contributed by atoms with Crippen LogP contribution in [0.4, 0.5) is 15.8 Å². The third-order valence-electron chi connectivity index (χ3n) is 5.36. The van der Waals surface area contributed by atoms with E-state index in [1.54, 1.807) is 18.3 Å². The van der Waals surface area contributed by atoms with Crippen molar-refractivity contribution in [3.63, 3.8) is 0 Å². The summed E-state index contributed by atoms with van der Waals surface area (Å²) in [4.78, 5) is 19.3. The van der Waals surface area contributed by atoms with E-state index in [2.05, 4.69) is 58.3 Å². The first-order valence-corrected chi connectivity index (χ1v) is 11.7. The summed E-state index contributed by atoms with van der Waals surface area (Å²) in [6, 6.07) is 4.20. The van der Waals surface area contributed by atoms with E-state index in [1.807, 2.05) is 0 Å². The number of benzene rings is 1. The van der Waals surface area contributed by atoms with Crippen molar-refractivity contribution in [3.05, 3.63) is 70.7 Å². The molecule has 0 saturated heterocycles. The zero-order valence-corrected chi connectivity index (χ0v) is 21.2. The summed E-state index contributed by atoms with van der Waals surface area (Å²) in [5, 5.41) is 18.0. The summed E-state index contributed by atoms with van der Waals surface area (Å²) in [6.07, 6.45) is 10.0. The third kappa shape index (κ3) is 6.20. The molecule has 3 heterocycles. The molecular weight excluding hydrogens is 497 g/mol. The lowest BCUT2D eigenvalue weighted by Gasteiger charge is -2.23. The first kappa shape index (κ1) is 24.6. The minimum Gasteiger partial charge on any atom is -0.480 e. The Morgan fingerprint density at radius 2 is 2.14 bits per heavy atom. The second kappa shape index (κ2) is 10.5. The number of anilines is 2. The summed E-state index contributed by atoms with van der Waals surface area (Å²) in [5.41, 5.74) is 8.22. The molecule has 192 valence electrons. The molecule has 2 aromatic heterocycles. The number of nitrogens with one attached hydrogen (secondary N) is 4. The summed E-state index contributed by atoms with van der Waals surface area (Å²) in [6.45, 7) is 6.54. The average Bonchev–Trinajstić information content (AvgIpc) is 3.30. The van der Waals surface area contributed by atoms with Crippen molar-refractivity contribution in [3.8, 4) is 12.3 Å². The highest BCUT2D eigenvalue weighted by atomic mass is 35.5. The van der Waals surface area contributed by atoms with E-state index in [0.717, 1.165) is 6.07 Å². The number of fused-ring (bicyclic) bond motifs is 1. The van der Waals surface area contributed by atoms with Gasteiger partial charge in [-0.1, -0.05) is 44.4 Å². The van der Waals surface area contributed by atoms with Gasteiger partial charge < -0.3 is 21.2 Å². The summed E-state index contributed by atoms with van der Waals surface area (Å²) in [7, 11) is 0. The molecule has 0 aliphatic carbocycles. The van der Waals surface area contributed by atoms with Crippen molar-refractivity contribution < 1.29 is 15.7 Å². The quantitative estimate of drug-likeness (QED) is 0.218. The molecule has 1 aromatic carbocycles. The Kier molecular flexibility index (Phi) is 6.99. The maximum absolute atomic E-state index is 13.6. The van der Waals surface area contributed by atoms with Crippen LogP contribution in [-0.2, 0) is 4.79 Å². The van der Waals surface area contributed by atoms with Crippen LogP contribution >= 0.6 is 11.6 Å². The summed E-state index contributed by atoms with van der Waals surface area (Å²) >= 11 is 6.63. The molecule has 0 unspecified atom stereocenters. The molecule has 11 heteroatoms. The van der Waals surface area contributed by atoms with E-state index in [4.69, 9.17) is 23.1 Å². The van der Waals surface area contributed by atoms with Gasteiger partial charge in [-0.15, -0.1) is 12.0 Å². The van der Waals surface area contributed by atoms with Crippen molar-refractivity contribution >= 4 is 39.8 Å². The van der Waals surface area contributed by atoms with Gasteiger partial charge in [0.05, 0.1) is 34.9 Å². The second-order valence-electron chi connectivity index (χ2n) is 9.63. The highest BCUT2D eigenvalue weighted by molar-refractivity contribution is 6.35. The average molecular weight is 525 g/mol. The number of terminal acetylenes is 1. The number of aromatic nitrogens is 2. The molecule has 1 aliphatic rings. The number of carboxylic acids is 1. The predicted molar refractivity (Wildman–Crippen MR) is 142 cm³/mol. The van der Waals surface area contributed by atoms with E-state index in [0.29, 0.717) is 39.4 Å². The van der Waals surface area contributed by atoms with Crippen molar-refractivity contribution in [2.75, 3.05) is 23.7 Å². The van der Waals surface area contributed by atoms with Gasteiger partial charge in [0.2, 0.25) is 5.95 Å². The van der Waals surface area contributed by atoms with Crippen LogP contribution in [0.2, 0.25) is 5.02 Å². The number of carbonyl (C=O) groups is 1. The SMILES string of the molecule is [2H][C@](Nc1cc(Cl)c2ncc(C#C)c(NCC(C)(C)C)c2c1)(C1=CN(CC(=O)O)NN1)c1ccc(F)nc1. The highest BCUT2D eigenvalue weighted by Crippen LogP contribution is 2.36. The van der Waals surface area contributed by atoms with Gasteiger partial charge in [-0.2, -0.15) is 4.39 Å². The molecule has 4 rings (SSSR count). The maximum atomic E-state index is 13.6. The van der Waals surface area contributed by atoms with Crippen molar-refractivity contribution in [1.82, 2.24) is 25.9 Å². The van der Waals surface area contributed by atoms with Gasteiger partial charge in [0.15, 0.2) is 0 Å². The van der Waals surface area contributed by atoms with E-state index in [-0.39, 0.29) is 23.2 Å². The molecule has 5 N–H and O–H groups in total. The van der Waals surface area contributed by atoms with Gasteiger partial charge in [-0.05, 0) is 29.2 Å². The Bertz CT molecular complexity index is 1450. The van der Waals surface area contributed by atoms with Gasteiger partial charge >= 0.3 is 5.97 Å². The van der Waals surface area contributed by atoms with E-state index in [1.165, 1.54) is 23.5 Å². The number of nitrogens with zero attached hydrogens (tertiary/aromatic N) is 3. The highest BCUT2D eigenvalue weighted by Gasteiger charge is 2.24. The molecular formula is C26H27ClFN7O2. The van der Waals surface area contributed by atoms with Gasteiger partial charge in [0.25, 0.3) is 0 Å². The second-order valence-corrected chi connectivity index (χ2v) is 10.0. The van der Waals surface area contributed by atoms with Crippen LogP contribution in [0.3, 0.4) is 0 Å². The fourth-order valence-electron chi connectivity index (χ4n) is 3.66. The van der Waals surface area contributed by atoms with Gasteiger partial charge in [-0.25, -0.2) is 4.98 Å². The molecule has 0 radical (unpaired) electrons. The van der Waals surface area contributed by atoms with Gasteiger partial charge in [0, 0.05) is 36.2 Å². The largest absolute Gasteiger partial charge is 0.480 e. The zero-order chi connectivity index (χ0) is 27.7. The number of hydrazine groups is 2. The predicted octanol–water partition coefficient (Wildman–Crippen LogP) is 4.27. The Morgan fingerprint density at radius 3 is 2.78 bits per heavy atom.